The van der Waals surface area contributed by atoms with Crippen LogP contribution in [0.5, 0.6) is 5.75 Å². The topological polar surface area (TPSA) is 62.1 Å². The van der Waals surface area contributed by atoms with Crippen molar-refractivity contribution in [1.29, 1.82) is 0 Å². The summed E-state index contributed by atoms with van der Waals surface area (Å²) in [5.74, 6) is -0.395. The van der Waals surface area contributed by atoms with Gasteiger partial charge in [0.1, 0.15) is 5.75 Å². The van der Waals surface area contributed by atoms with E-state index in [1.165, 1.54) is 11.8 Å². The Hall–Kier alpha value is -2.41. The average molecular weight is 461 g/mol. The summed E-state index contributed by atoms with van der Waals surface area (Å²) in [7, 11) is 1.57. The molecular weight excluding hydrogens is 443 g/mol. The van der Waals surface area contributed by atoms with E-state index in [0.717, 1.165) is 10.5 Å². The van der Waals surface area contributed by atoms with Crippen molar-refractivity contribution in [3.63, 3.8) is 0 Å². The number of carbonyl (C=O) groups is 1. The first kappa shape index (κ1) is 20.8. The number of rotatable bonds is 5. The first-order chi connectivity index (χ1) is 14.5. The maximum absolute atomic E-state index is 12.3. The number of aliphatic carboxylic acids is 1. The summed E-state index contributed by atoms with van der Waals surface area (Å²) in [5, 5.41) is 11.8. The third-order valence-corrected chi connectivity index (χ3v) is 6.62. The number of nitrogens with zero attached hydrogens (tertiary/aromatic N) is 2. The number of allylic oxidation sites excluding steroid dienone is 1. The maximum atomic E-state index is 12.3. The smallest absolute Gasteiger partial charge is 0.335 e. The first-order valence-electron chi connectivity index (χ1n) is 9.26. The SMILES string of the molecule is CCC1=C(C(=O)O)C(c2ccccc2OC)N2C=C(c3c(Cl)cccc3Cl)SC2=N1. The summed E-state index contributed by atoms with van der Waals surface area (Å²) >= 11 is 14.3. The lowest BCUT2D eigenvalue weighted by atomic mass is 9.93. The summed E-state index contributed by atoms with van der Waals surface area (Å²) in [6.07, 6.45) is 2.36. The molecule has 1 unspecified atom stereocenters. The summed E-state index contributed by atoms with van der Waals surface area (Å²) in [6.45, 7) is 1.90. The van der Waals surface area contributed by atoms with Crippen molar-refractivity contribution in [3.05, 3.63) is 81.1 Å². The Balaban J connectivity index is 1.91. The van der Waals surface area contributed by atoms with E-state index in [4.69, 9.17) is 27.9 Å². The van der Waals surface area contributed by atoms with E-state index >= 15 is 0 Å². The van der Waals surface area contributed by atoms with E-state index in [9.17, 15) is 9.90 Å². The molecule has 5 nitrogen and oxygen atoms in total. The number of ether oxygens (including phenoxy) is 1. The highest BCUT2D eigenvalue weighted by Gasteiger charge is 2.40. The van der Waals surface area contributed by atoms with Crippen molar-refractivity contribution < 1.29 is 14.6 Å². The molecule has 0 radical (unpaired) electrons. The van der Waals surface area contributed by atoms with Crippen LogP contribution in [0.4, 0.5) is 0 Å². The Morgan fingerprint density at radius 2 is 1.90 bits per heavy atom. The van der Waals surface area contributed by atoms with Gasteiger partial charge in [0.15, 0.2) is 5.17 Å². The predicted molar refractivity (Wildman–Crippen MR) is 122 cm³/mol. The van der Waals surface area contributed by atoms with Crippen LogP contribution in [0.1, 0.15) is 30.5 Å². The van der Waals surface area contributed by atoms with Gasteiger partial charge in [-0.25, -0.2) is 9.79 Å². The molecule has 0 fully saturated rings. The van der Waals surface area contributed by atoms with Gasteiger partial charge in [-0.15, -0.1) is 0 Å². The van der Waals surface area contributed by atoms with Crippen LogP contribution in [0, 0.1) is 0 Å². The fourth-order valence-corrected chi connectivity index (χ4v) is 5.47. The lowest BCUT2D eigenvalue weighted by Crippen LogP contribution is -2.34. The van der Waals surface area contributed by atoms with Crippen molar-refractivity contribution in [2.24, 2.45) is 4.99 Å². The summed E-state index contributed by atoms with van der Waals surface area (Å²) < 4.78 is 5.54. The van der Waals surface area contributed by atoms with Crippen molar-refractivity contribution in [2.45, 2.75) is 19.4 Å². The molecule has 0 spiro atoms. The number of fused-ring (bicyclic) bond motifs is 1. The monoisotopic (exact) mass is 460 g/mol. The Labute approximate surface area is 188 Å². The summed E-state index contributed by atoms with van der Waals surface area (Å²) in [6, 6.07) is 12.2. The van der Waals surface area contributed by atoms with E-state index in [2.05, 4.69) is 4.99 Å². The lowest BCUT2D eigenvalue weighted by molar-refractivity contribution is -0.133. The molecule has 0 bridgehead atoms. The number of amidine groups is 1. The Kier molecular flexibility index (Phi) is 5.82. The second-order valence-electron chi connectivity index (χ2n) is 6.66. The lowest BCUT2D eigenvalue weighted by Gasteiger charge is -2.33. The number of hydrogen-bond donors (Lipinski definition) is 1. The van der Waals surface area contributed by atoms with Crippen molar-refractivity contribution in [3.8, 4) is 5.75 Å². The van der Waals surface area contributed by atoms with Gasteiger partial charge in [0.25, 0.3) is 0 Å². The van der Waals surface area contributed by atoms with Crippen LogP contribution < -0.4 is 4.74 Å². The molecule has 2 aliphatic rings. The molecule has 1 N–H and O–H groups in total. The fourth-order valence-electron chi connectivity index (χ4n) is 3.65. The zero-order chi connectivity index (χ0) is 21.4. The number of methoxy groups -OCH3 is 1. The molecule has 2 aromatic rings. The molecule has 0 aliphatic carbocycles. The molecule has 30 heavy (non-hydrogen) atoms. The average Bonchev–Trinajstić information content (AvgIpc) is 3.15. The summed E-state index contributed by atoms with van der Waals surface area (Å²) in [5.41, 5.74) is 2.22. The van der Waals surface area contributed by atoms with E-state index < -0.39 is 12.0 Å². The molecular formula is C22H18Cl2N2O3S. The Bertz CT molecular complexity index is 1110. The van der Waals surface area contributed by atoms with Crippen LogP contribution in [0.25, 0.3) is 4.91 Å². The molecule has 8 heteroatoms. The van der Waals surface area contributed by atoms with E-state index in [0.29, 0.717) is 38.6 Å². The molecule has 4 rings (SSSR count). The van der Waals surface area contributed by atoms with Crippen LogP contribution in [0.2, 0.25) is 10.0 Å². The zero-order valence-electron chi connectivity index (χ0n) is 16.2. The normalized spacial score (nSPS) is 18.1. The van der Waals surface area contributed by atoms with Gasteiger partial charge in [0.05, 0.1) is 34.5 Å². The minimum atomic E-state index is -1.01. The molecule has 0 saturated carbocycles. The number of halogens is 2. The van der Waals surface area contributed by atoms with Crippen LogP contribution in [0.15, 0.2) is 64.9 Å². The number of aliphatic imine (C=N–C) groups is 1. The first-order valence-corrected chi connectivity index (χ1v) is 10.8. The highest BCUT2D eigenvalue weighted by atomic mass is 35.5. The van der Waals surface area contributed by atoms with Gasteiger partial charge < -0.3 is 14.7 Å². The van der Waals surface area contributed by atoms with Crippen LogP contribution >= 0.6 is 35.0 Å². The number of para-hydroxylation sites is 1. The molecule has 2 heterocycles. The van der Waals surface area contributed by atoms with Crippen molar-refractivity contribution >= 4 is 51.0 Å². The van der Waals surface area contributed by atoms with Gasteiger partial charge in [-0.3, -0.25) is 0 Å². The Morgan fingerprint density at radius 3 is 2.53 bits per heavy atom. The molecule has 2 aliphatic heterocycles. The standard InChI is InChI=1S/C22H18Cl2N2O3S/c1-3-15-19(21(27)28)20(12-7-4-5-10-16(12)29-2)26-11-17(30-22(26)25-15)18-13(23)8-6-9-14(18)24/h4-11,20H,3H2,1-2H3,(H,27,28). The van der Waals surface area contributed by atoms with Gasteiger partial charge in [-0.2, -0.15) is 0 Å². The largest absolute Gasteiger partial charge is 0.496 e. The fraction of sp³-hybridized carbons (Fsp3) is 0.182. The van der Waals surface area contributed by atoms with E-state index in [1.807, 2.05) is 42.3 Å². The number of carboxylic acid groups (broad SMARTS) is 1. The van der Waals surface area contributed by atoms with Crippen molar-refractivity contribution in [2.75, 3.05) is 7.11 Å². The molecule has 154 valence electrons. The van der Waals surface area contributed by atoms with Crippen LogP contribution in [-0.2, 0) is 4.79 Å². The maximum Gasteiger partial charge on any atom is 0.335 e. The second-order valence-corrected chi connectivity index (χ2v) is 8.48. The van der Waals surface area contributed by atoms with E-state index in [-0.39, 0.29) is 5.57 Å². The van der Waals surface area contributed by atoms with Gasteiger partial charge in [-0.05, 0) is 36.4 Å². The highest BCUT2D eigenvalue weighted by Crippen LogP contribution is 2.50. The molecule has 2 aromatic carbocycles. The zero-order valence-corrected chi connectivity index (χ0v) is 18.6. The molecule has 1 atom stereocenters. The number of hydrogen-bond acceptors (Lipinski definition) is 5. The number of carboxylic acids is 1. The quantitative estimate of drug-likeness (QED) is 0.574. The Morgan fingerprint density at radius 1 is 1.20 bits per heavy atom. The molecule has 0 amide bonds. The highest BCUT2D eigenvalue weighted by molar-refractivity contribution is 8.22. The van der Waals surface area contributed by atoms with Crippen LogP contribution in [-0.4, -0.2) is 28.3 Å². The minimum Gasteiger partial charge on any atom is -0.496 e. The third kappa shape index (κ3) is 3.49. The minimum absolute atomic E-state index is 0.231. The van der Waals surface area contributed by atoms with Gasteiger partial charge in [-0.1, -0.05) is 54.4 Å². The molecule has 0 saturated heterocycles. The third-order valence-electron chi connectivity index (χ3n) is 4.98. The van der Waals surface area contributed by atoms with Gasteiger partial charge in [0.2, 0.25) is 0 Å². The molecule has 0 aromatic heterocycles. The second kappa shape index (κ2) is 8.38. The summed E-state index contributed by atoms with van der Waals surface area (Å²) in [4.78, 5) is 19.6. The van der Waals surface area contributed by atoms with Crippen LogP contribution in [0.3, 0.4) is 0 Å². The number of thioether (sulfide) groups is 1. The number of benzene rings is 2. The van der Waals surface area contributed by atoms with Gasteiger partial charge >= 0.3 is 5.97 Å². The van der Waals surface area contributed by atoms with Crippen molar-refractivity contribution in [1.82, 2.24) is 4.90 Å². The van der Waals surface area contributed by atoms with Gasteiger partial charge in [0, 0.05) is 22.2 Å². The predicted octanol–water partition coefficient (Wildman–Crippen LogP) is 6.21. The van der Waals surface area contributed by atoms with E-state index in [1.54, 1.807) is 25.3 Å².